The predicted molar refractivity (Wildman–Crippen MR) is 154 cm³/mol. The summed E-state index contributed by atoms with van der Waals surface area (Å²) in [7, 11) is 0. The van der Waals surface area contributed by atoms with Crippen molar-refractivity contribution in [1.82, 2.24) is 14.8 Å². The van der Waals surface area contributed by atoms with Crippen molar-refractivity contribution in [3.63, 3.8) is 0 Å². The summed E-state index contributed by atoms with van der Waals surface area (Å²) < 4.78 is -0.137. The van der Waals surface area contributed by atoms with Gasteiger partial charge in [0.25, 0.3) is 11.7 Å². The highest BCUT2D eigenvalue weighted by Gasteiger charge is 2.48. The minimum absolute atomic E-state index is 0.000120. The van der Waals surface area contributed by atoms with Crippen LogP contribution in [0.5, 0.6) is 0 Å². The number of nitrogens with two attached hydrogens (primary N) is 1. The number of pyridine rings is 1. The third-order valence-corrected chi connectivity index (χ3v) is 7.81. The number of carbonyl (C=O) groups excluding carboxylic acids is 2. The summed E-state index contributed by atoms with van der Waals surface area (Å²) in [6, 6.07) is 12.4. The van der Waals surface area contributed by atoms with Crippen LogP contribution in [0, 0.1) is 0 Å². The Morgan fingerprint density at radius 1 is 1.07 bits per heavy atom. The van der Waals surface area contributed by atoms with Crippen molar-refractivity contribution in [1.29, 1.82) is 0 Å². The summed E-state index contributed by atoms with van der Waals surface area (Å²) in [5.74, 6) is 7.78. The molecule has 0 spiro atoms. The Bertz CT molecular complexity index is 1440. The number of nitrogens with one attached hydrogen (secondary N) is 1. The van der Waals surface area contributed by atoms with Crippen molar-refractivity contribution in [3.8, 4) is 0 Å². The molecule has 0 radical (unpaired) electrons. The van der Waals surface area contributed by atoms with Crippen LogP contribution in [0.4, 0.5) is 5.82 Å². The molecule has 2 amide bonds. The minimum atomic E-state index is -0.252. The number of amides is 2. The molecule has 4 aliphatic heterocycles. The molecule has 6 rings (SSSR count). The zero-order valence-electron chi connectivity index (χ0n) is 22.3. The quantitative estimate of drug-likeness (QED) is 0.320. The molecule has 10 heteroatoms. The van der Waals surface area contributed by atoms with Crippen LogP contribution >= 0.6 is 0 Å². The van der Waals surface area contributed by atoms with E-state index in [-0.39, 0.29) is 22.4 Å². The number of nitrogens with zero attached hydrogens (tertiary/aromatic N) is 6. The first-order chi connectivity index (χ1) is 19.5. The molecule has 0 aliphatic carbocycles. The Kier molecular flexibility index (Phi) is 7.21. The molecule has 40 heavy (non-hydrogen) atoms. The topological polar surface area (TPSA) is 116 Å². The van der Waals surface area contributed by atoms with E-state index in [9.17, 15) is 9.59 Å². The van der Waals surface area contributed by atoms with Gasteiger partial charge in [-0.15, -0.1) is 4.59 Å². The highest BCUT2D eigenvalue weighted by molar-refractivity contribution is 6.05. The van der Waals surface area contributed by atoms with E-state index in [1.807, 2.05) is 29.2 Å². The first kappa shape index (κ1) is 26.0. The van der Waals surface area contributed by atoms with Crippen molar-refractivity contribution < 1.29 is 14.2 Å². The average molecular weight is 538 g/mol. The van der Waals surface area contributed by atoms with Gasteiger partial charge in [-0.25, -0.2) is 4.98 Å². The Morgan fingerprint density at radius 2 is 1.90 bits per heavy atom. The van der Waals surface area contributed by atoms with Crippen molar-refractivity contribution in [2.45, 2.75) is 31.7 Å². The van der Waals surface area contributed by atoms with Gasteiger partial charge in [0.1, 0.15) is 17.7 Å². The predicted octanol–water partition coefficient (Wildman–Crippen LogP) is 3.19. The van der Waals surface area contributed by atoms with Crippen molar-refractivity contribution >= 4 is 29.7 Å². The van der Waals surface area contributed by atoms with E-state index in [2.05, 4.69) is 20.2 Å². The SMILES string of the molecule is N[N+]12C=CN=CC1=C(C1CCCN1C(=O)/C=C/CN1CCCC1)N=C2c1ccc(C(=O)Nc2ccccn2)cc1. The lowest BCUT2D eigenvalue weighted by Gasteiger charge is -2.27. The standard InChI is InChI=1S/C30H32N8O2/c31-38-20-15-32-21-25(38)28(24-7-5-19-37(24)27(39)9-6-18-36-16-3-4-17-36)35-29(38)22-10-12-23(13-11-22)30(40)34-26-8-1-2-14-33-26/h1-2,6,8-15,20-21,24H,3-5,7,16-19,31H2/p+1/b9-6+. The second-order valence-corrected chi connectivity index (χ2v) is 10.4. The Labute approximate surface area is 233 Å². The van der Waals surface area contributed by atoms with Crippen LogP contribution in [0.25, 0.3) is 0 Å². The summed E-state index contributed by atoms with van der Waals surface area (Å²) in [6.07, 6.45) is 14.7. The fourth-order valence-electron chi connectivity index (χ4n) is 5.73. The molecule has 5 heterocycles. The Hall–Kier alpha value is -4.25. The number of rotatable bonds is 7. The molecule has 0 saturated carbocycles. The molecule has 1 aromatic carbocycles. The third-order valence-electron chi connectivity index (χ3n) is 7.81. The van der Waals surface area contributed by atoms with Gasteiger partial charge >= 0.3 is 0 Å². The van der Waals surface area contributed by atoms with Gasteiger partial charge in [0.15, 0.2) is 0 Å². The van der Waals surface area contributed by atoms with Crippen LogP contribution < -0.4 is 11.2 Å². The summed E-state index contributed by atoms with van der Waals surface area (Å²) in [6.45, 7) is 3.67. The van der Waals surface area contributed by atoms with Crippen LogP contribution in [0.15, 0.2) is 94.6 Å². The van der Waals surface area contributed by atoms with Crippen molar-refractivity contribution in [2.24, 2.45) is 15.8 Å². The second kappa shape index (κ2) is 11.1. The summed E-state index contributed by atoms with van der Waals surface area (Å²) in [5.41, 5.74) is 2.79. The molecule has 0 bridgehead atoms. The fourth-order valence-corrected chi connectivity index (χ4v) is 5.73. The van der Waals surface area contributed by atoms with Crippen LogP contribution in [-0.2, 0) is 4.79 Å². The molecule has 10 nitrogen and oxygen atoms in total. The van der Waals surface area contributed by atoms with E-state index in [0.717, 1.165) is 49.4 Å². The molecular formula is C30H33N8O2+. The van der Waals surface area contributed by atoms with E-state index in [0.29, 0.717) is 23.8 Å². The van der Waals surface area contributed by atoms with E-state index >= 15 is 0 Å². The maximum Gasteiger partial charge on any atom is 0.264 e. The summed E-state index contributed by atoms with van der Waals surface area (Å²) in [5, 5.41) is 2.80. The number of likely N-dealkylation sites (tertiary alicyclic amines) is 2. The molecule has 2 saturated heterocycles. The maximum absolute atomic E-state index is 13.2. The first-order valence-electron chi connectivity index (χ1n) is 13.8. The third kappa shape index (κ3) is 5.04. The molecule has 3 N–H and O–H groups in total. The molecule has 204 valence electrons. The maximum atomic E-state index is 13.2. The van der Waals surface area contributed by atoms with Crippen molar-refractivity contribution in [3.05, 3.63) is 95.7 Å². The van der Waals surface area contributed by atoms with Gasteiger partial charge in [0.2, 0.25) is 11.6 Å². The van der Waals surface area contributed by atoms with E-state index in [4.69, 9.17) is 10.8 Å². The van der Waals surface area contributed by atoms with E-state index in [1.165, 1.54) is 12.8 Å². The van der Waals surface area contributed by atoms with Gasteiger partial charge in [-0.3, -0.25) is 19.5 Å². The number of benzene rings is 1. The number of fused-ring (bicyclic) bond motifs is 1. The zero-order chi connectivity index (χ0) is 27.5. The average Bonchev–Trinajstić information content (AvgIpc) is 3.73. The summed E-state index contributed by atoms with van der Waals surface area (Å²) >= 11 is 0. The second-order valence-electron chi connectivity index (χ2n) is 10.4. The molecule has 2 unspecified atom stereocenters. The number of carbonyl (C=O) groups is 2. The number of hydrogen-bond donors (Lipinski definition) is 2. The van der Waals surface area contributed by atoms with Gasteiger partial charge in [0.05, 0.1) is 24.0 Å². The zero-order valence-corrected chi connectivity index (χ0v) is 22.3. The van der Waals surface area contributed by atoms with Gasteiger partial charge in [-0.2, -0.15) is 10.8 Å². The molecule has 4 aliphatic rings. The highest BCUT2D eigenvalue weighted by atomic mass is 16.2. The lowest BCUT2D eigenvalue weighted by molar-refractivity contribution is -0.750. The molecular weight excluding hydrogens is 504 g/mol. The Balaban J connectivity index is 1.23. The normalized spacial score (nSPS) is 24.2. The number of aromatic nitrogens is 1. The fraction of sp³-hybridized carbons (Fsp3) is 0.300. The van der Waals surface area contributed by atoms with Gasteiger partial charge < -0.3 is 10.2 Å². The number of allylic oxidation sites excluding steroid dienone is 1. The van der Waals surface area contributed by atoms with Gasteiger partial charge in [0, 0.05) is 30.9 Å². The van der Waals surface area contributed by atoms with Gasteiger partial charge in [-0.05, 0) is 75.2 Å². The number of quaternary nitrogens is 1. The van der Waals surface area contributed by atoms with Crippen LogP contribution in [-0.4, -0.2) is 75.5 Å². The van der Waals surface area contributed by atoms with Crippen LogP contribution in [0.1, 0.15) is 41.6 Å². The van der Waals surface area contributed by atoms with Crippen LogP contribution in [0.3, 0.4) is 0 Å². The lowest BCUT2D eigenvalue weighted by Crippen LogP contribution is -2.53. The van der Waals surface area contributed by atoms with Crippen molar-refractivity contribution in [2.75, 3.05) is 31.5 Å². The number of anilines is 1. The highest BCUT2D eigenvalue weighted by Crippen LogP contribution is 2.37. The minimum Gasteiger partial charge on any atom is -0.330 e. The number of hydrogen-bond acceptors (Lipinski definition) is 7. The summed E-state index contributed by atoms with van der Waals surface area (Å²) in [4.78, 5) is 43.7. The number of aliphatic imine (C=N–C) groups is 2. The first-order valence-corrected chi connectivity index (χ1v) is 13.8. The molecule has 2 aromatic rings. The number of amidine groups is 1. The molecule has 2 atom stereocenters. The monoisotopic (exact) mass is 537 g/mol. The Morgan fingerprint density at radius 3 is 2.67 bits per heavy atom. The largest absolute Gasteiger partial charge is 0.330 e. The lowest BCUT2D eigenvalue weighted by atomic mass is 10.1. The smallest absolute Gasteiger partial charge is 0.264 e. The molecule has 1 aromatic heterocycles. The molecule has 2 fully saturated rings. The van der Waals surface area contributed by atoms with E-state index < -0.39 is 0 Å². The van der Waals surface area contributed by atoms with E-state index in [1.54, 1.807) is 55.2 Å². The van der Waals surface area contributed by atoms with Crippen LogP contribution in [0.2, 0.25) is 0 Å². The van der Waals surface area contributed by atoms with Gasteiger partial charge in [-0.1, -0.05) is 12.1 Å².